The summed E-state index contributed by atoms with van der Waals surface area (Å²) >= 11 is 0. The maximum absolute atomic E-state index is 12.8. The highest BCUT2D eigenvalue weighted by Gasteiger charge is 2.25. The Kier molecular flexibility index (Phi) is 5.58. The normalized spacial score (nSPS) is 14.5. The van der Waals surface area contributed by atoms with Crippen molar-refractivity contribution in [2.75, 3.05) is 28.4 Å². The van der Waals surface area contributed by atoms with Gasteiger partial charge in [0.25, 0.3) is 10.0 Å². The van der Waals surface area contributed by atoms with Gasteiger partial charge in [-0.2, -0.15) is 0 Å². The Labute approximate surface area is 166 Å². The summed E-state index contributed by atoms with van der Waals surface area (Å²) in [5.74, 6) is 0.638. The minimum atomic E-state index is -3.82. The van der Waals surface area contributed by atoms with Crippen LogP contribution in [0.1, 0.15) is 24.5 Å². The van der Waals surface area contributed by atoms with Crippen LogP contribution < -0.4 is 13.8 Å². The number of hydrogen-bond donors (Lipinski definition) is 1. The van der Waals surface area contributed by atoms with Crippen molar-refractivity contribution in [3.63, 3.8) is 0 Å². The van der Waals surface area contributed by atoms with Gasteiger partial charge in [0.2, 0.25) is 10.0 Å². The Morgan fingerprint density at radius 2 is 1.86 bits per heavy atom. The molecule has 2 aromatic carbocycles. The number of rotatable bonds is 6. The molecule has 152 valence electrons. The second-order valence-corrected chi connectivity index (χ2v) is 10.3. The number of aryl methyl sites for hydroxylation is 2. The van der Waals surface area contributed by atoms with E-state index in [1.165, 1.54) is 10.4 Å². The highest BCUT2D eigenvalue weighted by atomic mass is 32.2. The summed E-state index contributed by atoms with van der Waals surface area (Å²) in [6.45, 7) is 4.53. The number of nitrogens with zero attached hydrogens (tertiary/aromatic N) is 1. The molecule has 3 rings (SSSR count). The van der Waals surface area contributed by atoms with Crippen molar-refractivity contribution < 1.29 is 21.6 Å². The Bertz CT molecular complexity index is 1100. The van der Waals surface area contributed by atoms with Crippen LogP contribution in [0, 0.1) is 6.92 Å². The zero-order valence-corrected chi connectivity index (χ0v) is 17.7. The molecule has 0 unspecified atom stereocenters. The van der Waals surface area contributed by atoms with Gasteiger partial charge < -0.3 is 4.74 Å². The molecule has 0 saturated heterocycles. The van der Waals surface area contributed by atoms with Gasteiger partial charge in [0.1, 0.15) is 5.75 Å². The van der Waals surface area contributed by atoms with E-state index < -0.39 is 20.0 Å². The average Bonchev–Trinajstić information content (AvgIpc) is 2.61. The number of nitrogens with one attached hydrogen (secondary N) is 1. The van der Waals surface area contributed by atoms with Crippen LogP contribution in [-0.2, 0) is 26.5 Å². The molecule has 0 spiro atoms. The van der Waals surface area contributed by atoms with Crippen molar-refractivity contribution >= 4 is 31.4 Å². The van der Waals surface area contributed by atoms with Crippen LogP contribution in [-0.4, -0.2) is 36.2 Å². The monoisotopic (exact) mass is 424 g/mol. The molecule has 2 aromatic rings. The molecule has 0 bridgehead atoms. The van der Waals surface area contributed by atoms with Crippen LogP contribution in [0.3, 0.4) is 0 Å². The zero-order chi connectivity index (χ0) is 20.5. The number of ether oxygens (including phenoxy) is 1. The first-order valence-electron chi connectivity index (χ1n) is 8.99. The first kappa shape index (κ1) is 20.5. The van der Waals surface area contributed by atoms with E-state index in [1.807, 2.05) is 6.92 Å². The minimum Gasteiger partial charge on any atom is -0.494 e. The van der Waals surface area contributed by atoms with Gasteiger partial charge in [-0.05, 0) is 68.1 Å². The average molecular weight is 425 g/mol. The van der Waals surface area contributed by atoms with Crippen LogP contribution in [0.5, 0.6) is 5.75 Å². The minimum absolute atomic E-state index is 0.117. The first-order valence-corrected chi connectivity index (χ1v) is 12.3. The van der Waals surface area contributed by atoms with Crippen LogP contribution in [0.4, 0.5) is 11.4 Å². The Morgan fingerprint density at radius 3 is 2.50 bits per heavy atom. The van der Waals surface area contributed by atoms with Crippen LogP contribution >= 0.6 is 0 Å². The van der Waals surface area contributed by atoms with Gasteiger partial charge in [-0.15, -0.1) is 0 Å². The number of hydrogen-bond acceptors (Lipinski definition) is 5. The van der Waals surface area contributed by atoms with Crippen LogP contribution in [0.25, 0.3) is 0 Å². The number of fused-ring (bicyclic) bond motifs is 1. The lowest BCUT2D eigenvalue weighted by molar-refractivity contribution is 0.337. The molecular formula is C19H24N2O5S2. The van der Waals surface area contributed by atoms with E-state index >= 15 is 0 Å². The fourth-order valence-corrected chi connectivity index (χ4v) is 5.39. The van der Waals surface area contributed by atoms with Crippen molar-refractivity contribution in [1.82, 2.24) is 0 Å². The predicted molar refractivity (Wildman–Crippen MR) is 110 cm³/mol. The lowest BCUT2D eigenvalue weighted by Gasteiger charge is -2.29. The molecule has 7 nitrogen and oxygen atoms in total. The topological polar surface area (TPSA) is 92.8 Å². The van der Waals surface area contributed by atoms with E-state index in [9.17, 15) is 16.8 Å². The molecule has 0 radical (unpaired) electrons. The molecule has 1 N–H and O–H groups in total. The molecule has 0 fully saturated rings. The van der Waals surface area contributed by atoms with Gasteiger partial charge in [0.15, 0.2) is 0 Å². The van der Waals surface area contributed by atoms with Gasteiger partial charge in [-0.25, -0.2) is 16.8 Å². The summed E-state index contributed by atoms with van der Waals surface area (Å²) in [4.78, 5) is 0.117. The van der Waals surface area contributed by atoms with E-state index in [-0.39, 0.29) is 4.90 Å². The molecule has 0 aromatic heterocycles. The molecular weight excluding hydrogens is 400 g/mol. The Hall–Kier alpha value is -2.26. The van der Waals surface area contributed by atoms with Gasteiger partial charge in [-0.3, -0.25) is 9.03 Å². The molecule has 0 amide bonds. The summed E-state index contributed by atoms with van der Waals surface area (Å²) in [6.07, 6.45) is 2.64. The summed E-state index contributed by atoms with van der Waals surface area (Å²) < 4.78 is 59.0. The maximum Gasteiger partial charge on any atom is 0.261 e. The summed E-state index contributed by atoms with van der Waals surface area (Å²) in [6, 6.07) is 9.67. The van der Waals surface area contributed by atoms with Crippen molar-refractivity contribution in [1.29, 1.82) is 0 Å². The van der Waals surface area contributed by atoms with E-state index in [4.69, 9.17) is 4.74 Å². The third kappa shape index (κ3) is 4.25. The molecule has 9 heteroatoms. The van der Waals surface area contributed by atoms with Crippen LogP contribution in [0.2, 0.25) is 0 Å². The lowest BCUT2D eigenvalue weighted by Crippen LogP contribution is -2.34. The summed E-state index contributed by atoms with van der Waals surface area (Å²) in [5.41, 5.74) is 2.45. The fraction of sp³-hybridized carbons (Fsp3) is 0.368. The predicted octanol–water partition coefficient (Wildman–Crippen LogP) is 2.91. The Balaban J connectivity index is 1.92. The quantitative estimate of drug-likeness (QED) is 0.770. The number of sulfonamides is 2. The van der Waals surface area contributed by atoms with E-state index in [0.717, 1.165) is 30.2 Å². The first-order chi connectivity index (χ1) is 13.1. The standard InChI is InChI=1S/C19H24N2O5S2/c1-4-26-19-10-9-17(12-14(19)2)28(24,25)20-16-8-7-15-6-5-11-21(18(15)13-16)27(3,22)23/h7-10,12-13,20H,4-6,11H2,1-3H3. The third-order valence-electron chi connectivity index (χ3n) is 4.57. The maximum atomic E-state index is 12.8. The van der Waals surface area contributed by atoms with Crippen molar-refractivity contribution in [2.24, 2.45) is 0 Å². The zero-order valence-electron chi connectivity index (χ0n) is 16.1. The number of benzene rings is 2. The van der Waals surface area contributed by atoms with Crippen molar-refractivity contribution in [3.8, 4) is 5.75 Å². The molecule has 0 aliphatic carbocycles. The molecule has 28 heavy (non-hydrogen) atoms. The van der Waals surface area contributed by atoms with E-state index in [1.54, 1.807) is 37.3 Å². The van der Waals surface area contributed by atoms with Gasteiger partial charge in [0, 0.05) is 6.54 Å². The summed E-state index contributed by atoms with van der Waals surface area (Å²) in [7, 11) is -7.25. The Morgan fingerprint density at radius 1 is 1.11 bits per heavy atom. The van der Waals surface area contributed by atoms with E-state index in [0.29, 0.717) is 30.3 Å². The molecule has 1 aliphatic rings. The SMILES string of the molecule is CCOc1ccc(S(=O)(=O)Nc2ccc3c(c2)N(S(C)(=O)=O)CCC3)cc1C. The van der Waals surface area contributed by atoms with Gasteiger partial charge in [-0.1, -0.05) is 6.07 Å². The van der Waals surface area contributed by atoms with Gasteiger partial charge in [0.05, 0.1) is 29.1 Å². The second kappa shape index (κ2) is 7.63. The van der Waals surface area contributed by atoms with E-state index in [2.05, 4.69) is 4.72 Å². The highest BCUT2D eigenvalue weighted by Crippen LogP contribution is 2.32. The molecule has 1 aliphatic heterocycles. The van der Waals surface area contributed by atoms with Crippen molar-refractivity contribution in [2.45, 2.75) is 31.6 Å². The summed E-state index contributed by atoms with van der Waals surface area (Å²) in [5, 5.41) is 0. The number of anilines is 2. The van der Waals surface area contributed by atoms with Crippen molar-refractivity contribution in [3.05, 3.63) is 47.5 Å². The smallest absolute Gasteiger partial charge is 0.261 e. The largest absolute Gasteiger partial charge is 0.494 e. The van der Waals surface area contributed by atoms with Gasteiger partial charge >= 0.3 is 0 Å². The molecule has 0 atom stereocenters. The molecule has 0 saturated carbocycles. The second-order valence-electron chi connectivity index (χ2n) is 6.75. The highest BCUT2D eigenvalue weighted by molar-refractivity contribution is 7.92. The van der Waals surface area contributed by atoms with Crippen LogP contribution in [0.15, 0.2) is 41.3 Å². The fourth-order valence-electron chi connectivity index (χ4n) is 3.27. The lowest BCUT2D eigenvalue weighted by atomic mass is 10.0. The third-order valence-corrected chi connectivity index (χ3v) is 7.13. The molecule has 1 heterocycles.